The van der Waals surface area contributed by atoms with Crippen molar-refractivity contribution in [2.45, 2.75) is 145 Å². The van der Waals surface area contributed by atoms with Gasteiger partial charge in [0.25, 0.3) is 0 Å². The molecular weight excluding hydrogens is 550 g/mol. The Balaban J connectivity index is 0. The third-order valence-corrected chi connectivity index (χ3v) is 7.42. The van der Waals surface area contributed by atoms with E-state index in [0.717, 1.165) is 38.2 Å². The number of nitrogens with two attached hydrogens (primary N) is 2. The standard InChI is InChI=1S/C20H35N3O3.C10H17F2N.2C2H6/c1-13(2)16-19(3,4)12-23(16)17(24)15(14-10-8-7-9-11-14)22-18(25)26-20(5,6)21;1-7(8(2)9(3)13)5-6-10(4,11)12;2*1-2/h14-16H,1,7-12,21H2,2-6H3,(H,22,25);7H,2-3,5-6,13H2,1,4H3;2*1-2H3. The number of hydrogen-bond acceptors (Lipinski definition) is 5. The number of ether oxygens (including phenoxy) is 1. The van der Waals surface area contributed by atoms with Crippen LogP contribution in [-0.4, -0.2) is 47.2 Å². The van der Waals surface area contributed by atoms with E-state index in [0.29, 0.717) is 24.2 Å². The molecular formula is C34H64F2N4O3. The highest BCUT2D eigenvalue weighted by molar-refractivity contribution is 5.87. The number of rotatable bonds is 10. The molecule has 5 N–H and O–H groups in total. The maximum absolute atomic E-state index is 13.3. The molecule has 1 saturated carbocycles. The summed E-state index contributed by atoms with van der Waals surface area (Å²) in [6.45, 7) is 32.1. The maximum Gasteiger partial charge on any atom is 0.409 e. The van der Waals surface area contributed by atoms with Gasteiger partial charge < -0.3 is 20.7 Å². The third kappa shape index (κ3) is 15.7. The Morgan fingerprint density at radius 2 is 1.53 bits per heavy atom. The van der Waals surface area contributed by atoms with Gasteiger partial charge in [-0.05, 0) is 64.4 Å². The van der Waals surface area contributed by atoms with Gasteiger partial charge in [-0.25, -0.2) is 13.6 Å². The number of hydrogen-bond donors (Lipinski definition) is 3. The summed E-state index contributed by atoms with van der Waals surface area (Å²) in [6.07, 6.45) is 4.86. The van der Waals surface area contributed by atoms with Crippen molar-refractivity contribution in [2.75, 3.05) is 6.54 Å². The van der Waals surface area contributed by atoms with Crippen molar-refractivity contribution in [1.29, 1.82) is 0 Å². The Morgan fingerprint density at radius 3 is 1.91 bits per heavy atom. The van der Waals surface area contributed by atoms with Crippen LogP contribution in [0.4, 0.5) is 13.6 Å². The molecule has 0 aromatic carbocycles. The van der Waals surface area contributed by atoms with Crippen LogP contribution in [0.1, 0.15) is 121 Å². The van der Waals surface area contributed by atoms with Crippen molar-refractivity contribution >= 4 is 12.0 Å². The number of nitrogens with one attached hydrogen (secondary N) is 1. The molecule has 0 aromatic heterocycles. The first-order chi connectivity index (χ1) is 19.7. The van der Waals surface area contributed by atoms with E-state index in [1.165, 1.54) is 6.42 Å². The number of carbonyl (C=O) groups is 2. The highest BCUT2D eigenvalue weighted by Gasteiger charge is 2.50. The molecule has 2 fully saturated rings. The lowest BCUT2D eigenvalue weighted by atomic mass is 9.71. The number of nitrogens with zero attached hydrogens (tertiary/aromatic N) is 1. The first kappa shape index (κ1) is 42.7. The van der Waals surface area contributed by atoms with E-state index in [1.54, 1.807) is 13.8 Å². The molecule has 9 heteroatoms. The Kier molecular flexibility index (Phi) is 18.9. The minimum absolute atomic E-state index is 0.00450. The van der Waals surface area contributed by atoms with E-state index >= 15 is 0 Å². The highest BCUT2D eigenvalue weighted by Crippen LogP contribution is 2.42. The van der Waals surface area contributed by atoms with Crippen LogP contribution in [0.15, 0.2) is 36.6 Å². The van der Waals surface area contributed by atoms with Crippen LogP contribution in [0.2, 0.25) is 0 Å². The summed E-state index contributed by atoms with van der Waals surface area (Å²) in [5.74, 6) is -2.52. The molecule has 43 heavy (non-hydrogen) atoms. The Labute approximate surface area is 261 Å². The van der Waals surface area contributed by atoms with Gasteiger partial charge in [0, 0.05) is 24.1 Å². The van der Waals surface area contributed by atoms with Crippen LogP contribution in [0, 0.1) is 17.3 Å². The molecule has 1 aliphatic heterocycles. The Bertz CT molecular complexity index is 900. The minimum Gasteiger partial charge on any atom is -0.429 e. The highest BCUT2D eigenvalue weighted by atomic mass is 19.3. The minimum atomic E-state index is -2.61. The van der Waals surface area contributed by atoms with Crippen molar-refractivity contribution in [3.8, 4) is 0 Å². The van der Waals surface area contributed by atoms with E-state index in [4.69, 9.17) is 16.2 Å². The van der Waals surface area contributed by atoms with E-state index in [9.17, 15) is 18.4 Å². The molecule has 3 atom stereocenters. The van der Waals surface area contributed by atoms with Crippen LogP contribution in [0.3, 0.4) is 0 Å². The molecule has 1 heterocycles. The van der Waals surface area contributed by atoms with Crippen molar-refractivity contribution in [2.24, 2.45) is 28.7 Å². The molecule has 252 valence electrons. The van der Waals surface area contributed by atoms with Gasteiger partial charge in [-0.15, -0.1) is 0 Å². The molecule has 2 amide bonds. The van der Waals surface area contributed by atoms with E-state index in [2.05, 4.69) is 38.9 Å². The van der Waals surface area contributed by atoms with Crippen LogP contribution >= 0.6 is 0 Å². The third-order valence-electron chi connectivity index (χ3n) is 7.42. The van der Waals surface area contributed by atoms with Gasteiger partial charge >= 0.3 is 6.09 Å². The second-order valence-electron chi connectivity index (χ2n) is 12.8. The topological polar surface area (TPSA) is 111 Å². The molecule has 0 radical (unpaired) electrons. The fourth-order valence-corrected chi connectivity index (χ4v) is 5.45. The summed E-state index contributed by atoms with van der Waals surface area (Å²) < 4.78 is 30.1. The molecule has 7 nitrogen and oxygen atoms in total. The van der Waals surface area contributed by atoms with Gasteiger partial charge in [0.2, 0.25) is 11.8 Å². The first-order valence-electron chi connectivity index (χ1n) is 15.9. The molecule has 2 aliphatic rings. The molecule has 0 aromatic rings. The number of carbonyl (C=O) groups excluding carboxylic acids is 2. The number of alkyl halides is 2. The van der Waals surface area contributed by atoms with Crippen molar-refractivity contribution in [1.82, 2.24) is 10.2 Å². The number of likely N-dealkylation sites (tertiary alicyclic amines) is 1. The molecule has 0 bridgehead atoms. The summed E-state index contributed by atoms with van der Waals surface area (Å²) in [4.78, 5) is 27.5. The SMILES string of the molecule is C=C(C)C1N(C(=O)C(NC(=O)OC(C)(C)N)C2CCCCC2)CC1(C)C.C=C(N)C(=C)C(C)CCC(C)(F)F.CC.CC. The van der Waals surface area contributed by atoms with Gasteiger partial charge in [0.1, 0.15) is 6.04 Å². The fourth-order valence-electron chi connectivity index (χ4n) is 5.45. The molecule has 0 spiro atoms. The second kappa shape index (κ2) is 19.1. The van der Waals surface area contributed by atoms with Crippen LogP contribution in [-0.2, 0) is 9.53 Å². The fraction of sp³-hybridized carbons (Fsp3) is 0.765. The number of amides is 2. The number of allylic oxidation sites excluding steroid dienone is 1. The van der Waals surface area contributed by atoms with Gasteiger partial charge in [0.05, 0.1) is 6.04 Å². The summed E-state index contributed by atoms with van der Waals surface area (Å²) in [5, 5.41) is 2.82. The van der Waals surface area contributed by atoms with Crippen molar-refractivity contribution in [3.05, 3.63) is 36.6 Å². The van der Waals surface area contributed by atoms with Crippen LogP contribution < -0.4 is 16.8 Å². The zero-order chi connectivity index (χ0) is 34.3. The predicted molar refractivity (Wildman–Crippen MR) is 177 cm³/mol. The van der Waals surface area contributed by atoms with Gasteiger partial charge in [0.15, 0.2) is 5.72 Å². The maximum atomic E-state index is 13.3. The van der Waals surface area contributed by atoms with Gasteiger partial charge in [-0.3, -0.25) is 10.5 Å². The molecule has 1 saturated heterocycles. The zero-order valence-electron chi connectivity index (χ0n) is 29.2. The van der Waals surface area contributed by atoms with Crippen LogP contribution in [0.5, 0.6) is 0 Å². The predicted octanol–water partition coefficient (Wildman–Crippen LogP) is 8.31. The molecule has 3 unspecified atom stereocenters. The largest absolute Gasteiger partial charge is 0.429 e. The number of alkyl carbamates (subject to hydrolysis) is 1. The normalized spacial score (nSPS) is 19.2. The molecule has 1 aliphatic carbocycles. The Hall–Kier alpha value is -2.42. The summed E-state index contributed by atoms with van der Waals surface area (Å²) in [5.41, 5.74) is 12.1. The van der Waals surface area contributed by atoms with Crippen molar-refractivity contribution in [3.63, 3.8) is 0 Å². The van der Waals surface area contributed by atoms with Gasteiger partial charge in [-0.1, -0.05) is 93.0 Å². The first-order valence-corrected chi connectivity index (χ1v) is 15.9. The van der Waals surface area contributed by atoms with Gasteiger partial charge in [-0.2, -0.15) is 0 Å². The number of halogens is 2. The van der Waals surface area contributed by atoms with E-state index in [1.807, 2.05) is 46.4 Å². The summed E-state index contributed by atoms with van der Waals surface area (Å²) in [7, 11) is 0. The lowest BCUT2D eigenvalue weighted by Gasteiger charge is -2.56. The average Bonchev–Trinajstić information content (AvgIpc) is 2.89. The Morgan fingerprint density at radius 1 is 1.05 bits per heavy atom. The molecule has 2 rings (SSSR count). The lowest BCUT2D eigenvalue weighted by Crippen LogP contribution is -2.68. The average molecular weight is 615 g/mol. The smallest absolute Gasteiger partial charge is 0.409 e. The second-order valence-corrected chi connectivity index (χ2v) is 12.8. The lowest BCUT2D eigenvalue weighted by molar-refractivity contribution is -0.152. The van der Waals surface area contributed by atoms with Crippen LogP contribution in [0.25, 0.3) is 0 Å². The zero-order valence-corrected chi connectivity index (χ0v) is 29.2. The van der Waals surface area contributed by atoms with E-state index in [-0.39, 0.29) is 35.6 Å². The monoisotopic (exact) mass is 614 g/mol. The quantitative estimate of drug-likeness (QED) is 0.130. The van der Waals surface area contributed by atoms with Crippen molar-refractivity contribution < 1.29 is 23.1 Å². The van der Waals surface area contributed by atoms with E-state index < -0.39 is 23.8 Å². The summed E-state index contributed by atoms with van der Waals surface area (Å²) >= 11 is 0. The summed E-state index contributed by atoms with van der Waals surface area (Å²) in [6, 6.07) is -0.562.